The molecule has 0 bridgehead atoms. The maximum atomic E-state index is 13.6. The van der Waals surface area contributed by atoms with Crippen LogP contribution in [0.2, 0.25) is 5.02 Å². The minimum Gasteiger partial charge on any atom is -0.398 e. The molecule has 1 amide bonds. The number of nitrogens with two attached hydrogens (primary N) is 1. The first-order valence-corrected chi connectivity index (χ1v) is 6.40. The molecule has 0 spiro atoms. The lowest BCUT2D eigenvalue weighted by molar-refractivity contribution is 0.0785. The molecule has 0 radical (unpaired) electrons. The highest BCUT2D eigenvalue weighted by molar-refractivity contribution is 6.31. The summed E-state index contributed by atoms with van der Waals surface area (Å²) in [6.07, 6.45) is 0. The van der Waals surface area contributed by atoms with E-state index in [0.717, 1.165) is 0 Å². The number of nitrogens with zero attached hydrogens (tertiary/aromatic N) is 1. The van der Waals surface area contributed by atoms with E-state index >= 15 is 0 Å². The van der Waals surface area contributed by atoms with E-state index in [2.05, 4.69) is 0 Å². The van der Waals surface area contributed by atoms with E-state index in [4.69, 9.17) is 17.3 Å². The van der Waals surface area contributed by atoms with Crippen LogP contribution in [-0.2, 0) is 6.54 Å². The Kier molecular flexibility index (Phi) is 4.25. The van der Waals surface area contributed by atoms with Crippen LogP contribution >= 0.6 is 11.6 Å². The average molecular weight is 293 g/mol. The number of carbonyl (C=O) groups excluding carboxylic acids is 1. The monoisotopic (exact) mass is 292 g/mol. The molecule has 2 N–H and O–H groups in total. The zero-order valence-corrected chi connectivity index (χ0v) is 11.7. The van der Waals surface area contributed by atoms with Gasteiger partial charge < -0.3 is 10.6 Å². The van der Waals surface area contributed by atoms with Gasteiger partial charge in [-0.15, -0.1) is 0 Å². The second-order valence-electron chi connectivity index (χ2n) is 4.48. The number of anilines is 1. The molecular weight excluding hydrogens is 279 g/mol. The summed E-state index contributed by atoms with van der Waals surface area (Å²) in [4.78, 5) is 13.7. The number of nitrogen functional groups attached to an aromatic ring is 1. The summed E-state index contributed by atoms with van der Waals surface area (Å²) < 4.78 is 13.6. The van der Waals surface area contributed by atoms with Crippen molar-refractivity contribution >= 4 is 23.2 Å². The predicted molar refractivity (Wildman–Crippen MR) is 78.1 cm³/mol. The van der Waals surface area contributed by atoms with Gasteiger partial charge in [-0.2, -0.15) is 0 Å². The van der Waals surface area contributed by atoms with Crippen LogP contribution < -0.4 is 5.73 Å². The van der Waals surface area contributed by atoms with E-state index in [1.165, 1.54) is 17.0 Å². The molecule has 0 heterocycles. The summed E-state index contributed by atoms with van der Waals surface area (Å²) >= 11 is 5.80. The molecule has 2 aromatic carbocycles. The van der Waals surface area contributed by atoms with Gasteiger partial charge in [0.1, 0.15) is 5.82 Å². The van der Waals surface area contributed by atoms with E-state index < -0.39 is 0 Å². The number of benzene rings is 2. The molecule has 2 rings (SSSR count). The van der Waals surface area contributed by atoms with Crippen molar-refractivity contribution < 1.29 is 9.18 Å². The Labute approximate surface area is 121 Å². The molecule has 0 unspecified atom stereocenters. The molecule has 0 atom stereocenters. The molecule has 0 aliphatic carbocycles. The van der Waals surface area contributed by atoms with E-state index in [1.54, 1.807) is 37.4 Å². The first kappa shape index (κ1) is 14.3. The Morgan fingerprint density at radius 3 is 2.65 bits per heavy atom. The zero-order chi connectivity index (χ0) is 14.7. The predicted octanol–water partition coefficient (Wildman–Crippen LogP) is 3.33. The number of carbonyl (C=O) groups is 1. The minimum atomic E-state index is -0.337. The summed E-state index contributed by atoms with van der Waals surface area (Å²) in [6.45, 7) is 0.174. The van der Waals surface area contributed by atoms with Gasteiger partial charge in [0.25, 0.3) is 5.91 Å². The highest BCUT2D eigenvalue weighted by Crippen LogP contribution is 2.20. The van der Waals surface area contributed by atoms with E-state index in [0.29, 0.717) is 21.8 Å². The number of rotatable bonds is 3. The zero-order valence-electron chi connectivity index (χ0n) is 10.9. The summed E-state index contributed by atoms with van der Waals surface area (Å²) in [5.74, 6) is -0.612. The van der Waals surface area contributed by atoms with Gasteiger partial charge in [-0.05, 0) is 24.3 Å². The lowest BCUT2D eigenvalue weighted by atomic mass is 10.1. The average Bonchev–Trinajstić information content (AvgIpc) is 2.40. The molecule has 0 aliphatic heterocycles. The normalized spacial score (nSPS) is 10.3. The van der Waals surface area contributed by atoms with Crippen LogP contribution in [-0.4, -0.2) is 17.9 Å². The van der Waals surface area contributed by atoms with Gasteiger partial charge in [0.05, 0.1) is 5.56 Å². The Balaban J connectivity index is 2.19. The van der Waals surface area contributed by atoms with Gasteiger partial charge >= 0.3 is 0 Å². The molecule has 0 fully saturated rings. The smallest absolute Gasteiger partial charge is 0.255 e. The lowest BCUT2D eigenvalue weighted by Gasteiger charge is -2.18. The molecule has 0 saturated carbocycles. The van der Waals surface area contributed by atoms with Gasteiger partial charge in [0.15, 0.2) is 0 Å². The summed E-state index contributed by atoms with van der Waals surface area (Å²) in [6, 6.07) is 11.0. The summed E-state index contributed by atoms with van der Waals surface area (Å²) in [5.41, 5.74) is 6.89. The van der Waals surface area contributed by atoms with Crippen LogP contribution in [0.25, 0.3) is 0 Å². The maximum Gasteiger partial charge on any atom is 0.255 e. The number of hydrogen-bond acceptors (Lipinski definition) is 2. The van der Waals surface area contributed by atoms with Gasteiger partial charge in [-0.25, -0.2) is 4.39 Å². The van der Waals surface area contributed by atoms with E-state index in [9.17, 15) is 9.18 Å². The highest BCUT2D eigenvalue weighted by Gasteiger charge is 2.16. The second kappa shape index (κ2) is 5.92. The molecule has 0 saturated heterocycles. The molecule has 0 aromatic heterocycles. The van der Waals surface area contributed by atoms with Crippen LogP contribution in [0, 0.1) is 5.82 Å². The fourth-order valence-electron chi connectivity index (χ4n) is 1.89. The van der Waals surface area contributed by atoms with Gasteiger partial charge in [-0.1, -0.05) is 29.8 Å². The van der Waals surface area contributed by atoms with Crippen LogP contribution in [0.15, 0.2) is 42.5 Å². The number of hydrogen-bond donors (Lipinski definition) is 1. The third-order valence-electron chi connectivity index (χ3n) is 2.96. The van der Waals surface area contributed by atoms with Crippen LogP contribution in [0.1, 0.15) is 15.9 Å². The lowest BCUT2D eigenvalue weighted by Crippen LogP contribution is -2.27. The summed E-state index contributed by atoms with van der Waals surface area (Å²) in [5, 5.41) is 0.468. The van der Waals surface area contributed by atoms with Crippen molar-refractivity contribution in [2.45, 2.75) is 6.54 Å². The van der Waals surface area contributed by atoms with Crippen molar-refractivity contribution in [3.05, 3.63) is 64.4 Å². The van der Waals surface area contributed by atoms with E-state index in [1.807, 2.05) is 0 Å². The Hall–Kier alpha value is -2.07. The standard InChI is InChI=1S/C15H14ClFN2O/c1-19(9-10-4-2-3-5-13(10)17)15(20)12-7-6-11(16)8-14(12)18/h2-8H,9,18H2,1H3. The van der Waals surface area contributed by atoms with Crippen molar-refractivity contribution in [2.75, 3.05) is 12.8 Å². The van der Waals surface area contributed by atoms with Gasteiger partial charge in [-0.3, -0.25) is 4.79 Å². The molecule has 2 aromatic rings. The largest absolute Gasteiger partial charge is 0.398 e. The van der Waals surface area contributed by atoms with E-state index in [-0.39, 0.29) is 18.3 Å². The van der Waals surface area contributed by atoms with Crippen molar-refractivity contribution in [3.8, 4) is 0 Å². The fraction of sp³-hybridized carbons (Fsp3) is 0.133. The van der Waals surface area contributed by atoms with Gasteiger partial charge in [0, 0.05) is 29.9 Å². The van der Waals surface area contributed by atoms with Crippen LogP contribution in [0.3, 0.4) is 0 Å². The summed E-state index contributed by atoms with van der Waals surface area (Å²) in [7, 11) is 1.60. The quantitative estimate of drug-likeness (QED) is 0.882. The third-order valence-corrected chi connectivity index (χ3v) is 3.19. The van der Waals surface area contributed by atoms with Crippen LogP contribution in [0.4, 0.5) is 10.1 Å². The molecule has 0 aliphatic rings. The Morgan fingerprint density at radius 2 is 2.00 bits per heavy atom. The topological polar surface area (TPSA) is 46.3 Å². The van der Waals surface area contributed by atoms with Crippen molar-refractivity contribution in [1.82, 2.24) is 4.90 Å². The van der Waals surface area contributed by atoms with Crippen molar-refractivity contribution in [3.63, 3.8) is 0 Å². The molecule has 3 nitrogen and oxygen atoms in total. The third kappa shape index (κ3) is 3.08. The maximum absolute atomic E-state index is 13.6. The number of halogens is 2. The van der Waals surface area contributed by atoms with Gasteiger partial charge in [0.2, 0.25) is 0 Å². The Bertz CT molecular complexity index is 646. The molecular formula is C15H14ClFN2O. The minimum absolute atomic E-state index is 0.174. The van der Waals surface area contributed by atoms with Crippen LogP contribution in [0.5, 0.6) is 0 Å². The second-order valence-corrected chi connectivity index (χ2v) is 4.92. The molecule has 104 valence electrons. The van der Waals surface area contributed by atoms with Crippen molar-refractivity contribution in [1.29, 1.82) is 0 Å². The first-order chi connectivity index (χ1) is 9.49. The molecule has 20 heavy (non-hydrogen) atoms. The first-order valence-electron chi connectivity index (χ1n) is 6.03. The fourth-order valence-corrected chi connectivity index (χ4v) is 2.07. The Morgan fingerprint density at radius 1 is 1.30 bits per heavy atom. The molecule has 5 heteroatoms. The highest BCUT2D eigenvalue weighted by atomic mass is 35.5. The SMILES string of the molecule is CN(Cc1ccccc1F)C(=O)c1ccc(Cl)cc1N. The van der Waals surface area contributed by atoms with Crippen molar-refractivity contribution in [2.24, 2.45) is 0 Å². The number of amides is 1.